The van der Waals surface area contributed by atoms with Gasteiger partial charge in [0.1, 0.15) is 19.4 Å². The lowest BCUT2D eigenvalue weighted by molar-refractivity contribution is -0.132. The van der Waals surface area contributed by atoms with E-state index >= 15 is 0 Å². The van der Waals surface area contributed by atoms with Crippen LogP contribution in [0, 0.1) is 11.8 Å². The van der Waals surface area contributed by atoms with Crippen LogP contribution in [-0.4, -0.2) is 31.6 Å². The summed E-state index contributed by atoms with van der Waals surface area (Å²) in [6, 6.07) is 13.7. The number of nitrogens with zero attached hydrogens (tertiary/aromatic N) is 2. The predicted molar refractivity (Wildman–Crippen MR) is 125 cm³/mol. The van der Waals surface area contributed by atoms with Gasteiger partial charge in [-0.2, -0.15) is 0 Å². The molecule has 0 radical (unpaired) electrons. The van der Waals surface area contributed by atoms with Gasteiger partial charge in [0.25, 0.3) is 0 Å². The van der Waals surface area contributed by atoms with Gasteiger partial charge in [-0.3, -0.25) is 0 Å². The van der Waals surface area contributed by atoms with Gasteiger partial charge >= 0.3 is 5.97 Å². The Morgan fingerprint density at radius 3 is 2.50 bits per heavy atom. The molecule has 166 valence electrons. The molecular weight excluding hydrogens is 404 g/mol. The fraction of sp³-hybridized carbons (Fsp3) is 0.346. The number of carbonyl (C=O) groups is 1. The molecule has 0 aliphatic heterocycles. The van der Waals surface area contributed by atoms with Gasteiger partial charge in [-0.15, -0.1) is 0 Å². The highest BCUT2D eigenvalue weighted by molar-refractivity contribution is 6.43. The highest BCUT2D eigenvalue weighted by Crippen LogP contribution is 2.42. The van der Waals surface area contributed by atoms with Gasteiger partial charge < -0.3 is 14.4 Å². The maximum absolute atomic E-state index is 12.1. The molecule has 32 heavy (non-hydrogen) atoms. The molecule has 0 bridgehead atoms. The molecule has 6 nitrogen and oxygen atoms in total. The first-order chi connectivity index (χ1) is 15.6. The summed E-state index contributed by atoms with van der Waals surface area (Å²) in [5, 5.41) is 7.95. The molecule has 1 saturated carbocycles. The van der Waals surface area contributed by atoms with Gasteiger partial charge in [0, 0.05) is 16.7 Å². The molecule has 0 spiro atoms. The lowest BCUT2D eigenvalue weighted by Crippen LogP contribution is -2.19. The van der Waals surface area contributed by atoms with Gasteiger partial charge in [-0.25, -0.2) is 4.79 Å². The van der Waals surface area contributed by atoms with E-state index < -0.39 is 5.97 Å². The second-order valence-electron chi connectivity index (χ2n) is 7.48. The summed E-state index contributed by atoms with van der Waals surface area (Å²) in [6.07, 6.45) is 3.41. The van der Waals surface area contributed by atoms with Crippen LogP contribution in [0.25, 0.3) is 0 Å². The van der Waals surface area contributed by atoms with E-state index in [1.54, 1.807) is 12.1 Å². The third-order valence-corrected chi connectivity index (χ3v) is 5.20. The van der Waals surface area contributed by atoms with Gasteiger partial charge in [-0.1, -0.05) is 65.6 Å². The van der Waals surface area contributed by atoms with Crippen LogP contribution in [0.5, 0.6) is 0 Å². The van der Waals surface area contributed by atoms with E-state index in [-0.39, 0.29) is 12.3 Å². The summed E-state index contributed by atoms with van der Waals surface area (Å²) in [4.78, 5) is 22.4. The van der Waals surface area contributed by atoms with Crippen molar-refractivity contribution in [1.29, 1.82) is 0 Å². The number of benzene rings is 2. The summed E-state index contributed by atoms with van der Waals surface area (Å²) in [5.74, 6) is 6.48. The minimum atomic E-state index is -0.592. The van der Waals surface area contributed by atoms with E-state index in [1.165, 1.54) is 38.2 Å². The van der Waals surface area contributed by atoms with Crippen LogP contribution in [0.1, 0.15) is 60.4 Å². The molecule has 1 aliphatic carbocycles. The third kappa shape index (κ3) is 5.76. The van der Waals surface area contributed by atoms with Crippen molar-refractivity contribution in [2.24, 2.45) is 10.3 Å². The van der Waals surface area contributed by atoms with E-state index in [1.807, 2.05) is 19.1 Å². The molecule has 0 heterocycles. The molecule has 6 heteroatoms. The first-order valence-corrected chi connectivity index (χ1v) is 10.7. The molecule has 1 fully saturated rings. The topological polar surface area (TPSA) is 69.5 Å². The van der Waals surface area contributed by atoms with Crippen LogP contribution >= 0.6 is 0 Å². The van der Waals surface area contributed by atoms with Crippen LogP contribution in [0.15, 0.2) is 52.8 Å². The number of esters is 1. The van der Waals surface area contributed by atoms with Gasteiger partial charge in [-0.05, 0) is 49.2 Å². The van der Waals surface area contributed by atoms with Crippen molar-refractivity contribution in [3.05, 3.63) is 70.3 Å². The Morgan fingerprint density at radius 1 is 1.06 bits per heavy atom. The number of hydrogen-bond donors (Lipinski definition) is 0. The van der Waals surface area contributed by atoms with Crippen LogP contribution in [0.2, 0.25) is 0 Å². The van der Waals surface area contributed by atoms with Gasteiger partial charge in [0.05, 0.1) is 7.11 Å². The highest BCUT2D eigenvalue weighted by atomic mass is 16.6. The van der Waals surface area contributed by atoms with Crippen molar-refractivity contribution in [3.63, 3.8) is 0 Å². The van der Waals surface area contributed by atoms with Crippen molar-refractivity contribution in [2.45, 2.75) is 45.6 Å². The van der Waals surface area contributed by atoms with E-state index in [4.69, 9.17) is 14.4 Å². The lowest BCUT2D eigenvalue weighted by Gasteiger charge is -2.09. The quantitative estimate of drug-likeness (QED) is 0.265. The van der Waals surface area contributed by atoms with Crippen LogP contribution in [-0.2, 0) is 32.2 Å². The number of aryl methyl sites for hydroxylation is 1. The minimum Gasteiger partial charge on any atom is -0.464 e. The second kappa shape index (κ2) is 11.1. The molecule has 0 amide bonds. The normalized spacial score (nSPS) is 13.8. The number of ether oxygens (including phenoxy) is 1. The van der Waals surface area contributed by atoms with Crippen LogP contribution < -0.4 is 0 Å². The zero-order chi connectivity index (χ0) is 22.9. The average molecular weight is 433 g/mol. The SMILES string of the molecule is CCc1cccc(C2CC2)c1C#C/C(C)=N/OCc1ccccc1/C(=N\OC)C(=O)OC. The second-order valence-corrected chi connectivity index (χ2v) is 7.48. The van der Waals surface area contributed by atoms with Crippen LogP contribution in [0.3, 0.4) is 0 Å². The molecule has 0 aromatic heterocycles. The standard InChI is InChI=1S/C26H28N2O4/c1-5-19-10-8-12-22(20-14-15-20)23(19)16-13-18(2)27-32-17-21-9-6-7-11-24(21)25(28-31-4)26(29)30-3/h6-12,20H,5,14-15,17H2,1-4H3/b27-18+,28-25+. The molecule has 0 unspecified atom stereocenters. The zero-order valence-electron chi connectivity index (χ0n) is 19.0. The number of hydrogen-bond acceptors (Lipinski definition) is 6. The summed E-state index contributed by atoms with van der Waals surface area (Å²) in [5.41, 5.74) is 5.66. The van der Waals surface area contributed by atoms with E-state index in [0.29, 0.717) is 17.2 Å². The zero-order valence-corrected chi connectivity index (χ0v) is 19.0. The maximum Gasteiger partial charge on any atom is 0.360 e. The largest absolute Gasteiger partial charge is 0.464 e. The summed E-state index contributed by atoms with van der Waals surface area (Å²) in [7, 11) is 2.67. The number of carbonyl (C=O) groups excluding carboxylic acids is 1. The molecule has 2 aromatic rings. The fourth-order valence-electron chi connectivity index (χ4n) is 3.44. The van der Waals surface area contributed by atoms with E-state index in [0.717, 1.165) is 17.5 Å². The Kier molecular flexibility index (Phi) is 8.04. The number of methoxy groups -OCH3 is 1. The smallest absolute Gasteiger partial charge is 0.360 e. The summed E-state index contributed by atoms with van der Waals surface area (Å²) in [6.45, 7) is 4.11. The van der Waals surface area contributed by atoms with Crippen molar-refractivity contribution >= 4 is 17.4 Å². The molecular formula is C26H28N2O4. The Morgan fingerprint density at radius 2 is 1.81 bits per heavy atom. The van der Waals surface area contributed by atoms with Gasteiger partial charge in [0.2, 0.25) is 0 Å². The molecule has 3 rings (SSSR count). The highest BCUT2D eigenvalue weighted by Gasteiger charge is 2.26. The summed E-state index contributed by atoms with van der Waals surface area (Å²) < 4.78 is 4.80. The number of oxime groups is 2. The Bertz CT molecular complexity index is 1090. The first kappa shape index (κ1) is 23.1. The predicted octanol–water partition coefficient (Wildman–Crippen LogP) is 4.59. The summed E-state index contributed by atoms with van der Waals surface area (Å²) >= 11 is 0. The monoisotopic (exact) mass is 432 g/mol. The third-order valence-electron chi connectivity index (χ3n) is 5.20. The number of rotatable bonds is 8. The van der Waals surface area contributed by atoms with Crippen molar-refractivity contribution in [1.82, 2.24) is 0 Å². The molecule has 0 N–H and O–H groups in total. The minimum absolute atomic E-state index is 0.0680. The Labute approximate surface area is 189 Å². The molecule has 0 saturated heterocycles. The maximum atomic E-state index is 12.1. The van der Waals surface area contributed by atoms with Crippen molar-refractivity contribution in [3.8, 4) is 11.8 Å². The fourth-order valence-corrected chi connectivity index (χ4v) is 3.44. The van der Waals surface area contributed by atoms with Gasteiger partial charge in [0.15, 0.2) is 5.71 Å². The van der Waals surface area contributed by atoms with E-state index in [2.05, 4.69) is 47.3 Å². The van der Waals surface area contributed by atoms with Crippen LogP contribution in [0.4, 0.5) is 0 Å². The first-order valence-electron chi connectivity index (χ1n) is 10.7. The van der Waals surface area contributed by atoms with E-state index in [9.17, 15) is 4.79 Å². The molecule has 2 aromatic carbocycles. The van der Waals surface area contributed by atoms with Crippen molar-refractivity contribution in [2.75, 3.05) is 14.2 Å². The Balaban J connectivity index is 1.75. The average Bonchev–Trinajstić information content (AvgIpc) is 3.66. The van der Waals surface area contributed by atoms with Crippen molar-refractivity contribution < 1.29 is 19.2 Å². The molecule has 1 aliphatic rings. The Hall–Kier alpha value is -3.59. The molecule has 0 atom stereocenters. The lowest BCUT2D eigenvalue weighted by atomic mass is 9.96.